The Morgan fingerprint density at radius 3 is 1.43 bits per heavy atom. The molecule has 4 nitrogen and oxygen atoms in total. The molecular formula is C19H34O4. The largest absolute Gasteiger partial charge is 0.481 e. The summed E-state index contributed by atoms with van der Waals surface area (Å²) in [6.45, 7) is 0. The van der Waals surface area contributed by atoms with Crippen molar-refractivity contribution in [2.24, 2.45) is 0 Å². The van der Waals surface area contributed by atoms with Crippen LogP contribution in [0.4, 0.5) is 0 Å². The molecule has 0 aliphatic rings. The van der Waals surface area contributed by atoms with E-state index < -0.39 is 11.9 Å². The zero-order valence-electron chi connectivity index (χ0n) is 14.5. The highest BCUT2D eigenvalue weighted by Crippen LogP contribution is 2.13. The van der Waals surface area contributed by atoms with Crippen LogP contribution >= 0.6 is 0 Å². The molecule has 0 saturated heterocycles. The number of unbranched alkanes of at least 4 members (excludes halogenated alkanes) is 12. The first-order valence-electron chi connectivity index (χ1n) is 9.21. The summed E-state index contributed by atoms with van der Waals surface area (Å²) in [4.78, 5) is 20.6. The average molecular weight is 326 g/mol. The van der Waals surface area contributed by atoms with E-state index >= 15 is 0 Å². The molecule has 23 heavy (non-hydrogen) atoms. The Balaban J connectivity index is 3.06. The lowest BCUT2D eigenvalue weighted by molar-refractivity contribution is -0.137. The Morgan fingerprint density at radius 1 is 0.565 bits per heavy atom. The monoisotopic (exact) mass is 326 g/mol. The normalized spacial score (nSPS) is 11.1. The molecule has 134 valence electrons. The summed E-state index contributed by atoms with van der Waals surface area (Å²) in [5, 5.41) is 17.0. The lowest BCUT2D eigenvalue weighted by Crippen LogP contribution is -1.93. The van der Waals surface area contributed by atoms with E-state index in [4.69, 9.17) is 10.2 Å². The van der Waals surface area contributed by atoms with Gasteiger partial charge in [-0.25, -0.2) is 0 Å². The maximum atomic E-state index is 10.3. The molecule has 0 unspecified atom stereocenters. The van der Waals surface area contributed by atoms with Crippen LogP contribution in [0.1, 0.15) is 96.3 Å². The van der Waals surface area contributed by atoms with Gasteiger partial charge in [-0.3, -0.25) is 9.59 Å². The fourth-order valence-corrected chi connectivity index (χ4v) is 2.61. The summed E-state index contributed by atoms with van der Waals surface area (Å²) in [7, 11) is 0. The molecule has 0 atom stereocenters. The van der Waals surface area contributed by atoms with Gasteiger partial charge in [-0.05, 0) is 19.3 Å². The first-order chi connectivity index (χ1) is 11.1. The van der Waals surface area contributed by atoms with Gasteiger partial charge in [-0.15, -0.1) is 0 Å². The number of carboxylic acids is 2. The summed E-state index contributed by atoms with van der Waals surface area (Å²) in [5.41, 5.74) is 0. The Kier molecular flexibility index (Phi) is 16.1. The Morgan fingerprint density at radius 2 is 1.00 bits per heavy atom. The van der Waals surface area contributed by atoms with Crippen molar-refractivity contribution in [2.75, 3.05) is 0 Å². The van der Waals surface area contributed by atoms with E-state index in [0.717, 1.165) is 25.7 Å². The molecule has 0 aromatic rings. The third-order valence-corrected chi connectivity index (χ3v) is 3.97. The lowest BCUT2D eigenvalue weighted by Gasteiger charge is -2.02. The van der Waals surface area contributed by atoms with Crippen LogP contribution in [0.3, 0.4) is 0 Å². The second-order valence-corrected chi connectivity index (χ2v) is 6.24. The maximum Gasteiger partial charge on any atom is 0.307 e. The van der Waals surface area contributed by atoms with E-state index in [-0.39, 0.29) is 6.42 Å². The predicted octanol–water partition coefficient (Wildman–Crippen LogP) is 5.56. The van der Waals surface area contributed by atoms with Crippen LogP contribution in [0.5, 0.6) is 0 Å². The second-order valence-electron chi connectivity index (χ2n) is 6.24. The highest BCUT2D eigenvalue weighted by molar-refractivity contribution is 5.68. The van der Waals surface area contributed by atoms with Crippen molar-refractivity contribution in [3.63, 3.8) is 0 Å². The number of carboxylic acid groups (broad SMARTS) is 2. The molecule has 0 aromatic carbocycles. The van der Waals surface area contributed by atoms with Gasteiger partial charge in [0.25, 0.3) is 0 Å². The minimum absolute atomic E-state index is 0.138. The molecule has 0 aromatic heterocycles. The summed E-state index contributed by atoms with van der Waals surface area (Å²) < 4.78 is 0. The third-order valence-electron chi connectivity index (χ3n) is 3.97. The Bertz CT molecular complexity index is 323. The van der Waals surface area contributed by atoms with Gasteiger partial charge in [-0.1, -0.05) is 76.4 Å². The van der Waals surface area contributed by atoms with Crippen LogP contribution in [0.25, 0.3) is 0 Å². The highest BCUT2D eigenvalue weighted by Gasteiger charge is 1.97. The van der Waals surface area contributed by atoms with Crippen LogP contribution in [0.2, 0.25) is 0 Å². The first kappa shape index (κ1) is 21.7. The maximum absolute atomic E-state index is 10.3. The smallest absolute Gasteiger partial charge is 0.307 e. The van der Waals surface area contributed by atoms with Crippen LogP contribution in [0, 0.1) is 0 Å². The standard InChI is InChI=1S/C19H34O4/c20-18(21)16-14-12-10-8-6-4-2-1-3-5-7-9-11-13-15-17-19(22)23/h12,14H,1-11,13,15-17H2,(H,20,21)(H,22,23)/b14-12-. The molecular weight excluding hydrogens is 292 g/mol. The second kappa shape index (κ2) is 17.0. The molecule has 4 heteroatoms. The molecule has 0 heterocycles. The number of hydrogen-bond donors (Lipinski definition) is 2. The quantitative estimate of drug-likeness (QED) is 0.271. The molecule has 0 saturated carbocycles. The zero-order chi connectivity index (χ0) is 17.2. The van der Waals surface area contributed by atoms with E-state index in [1.165, 1.54) is 57.8 Å². The lowest BCUT2D eigenvalue weighted by atomic mass is 10.0. The summed E-state index contributed by atoms with van der Waals surface area (Å²) in [6.07, 6.45) is 19.6. The van der Waals surface area contributed by atoms with Gasteiger partial charge in [0.05, 0.1) is 6.42 Å². The molecule has 0 fully saturated rings. The van der Waals surface area contributed by atoms with E-state index in [0.29, 0.717) is 6.42 Å². The van der Waals surface area contributed by atoms with Crippen molar-refractivity contribution in [3.8, 4) is 0 Å². The Hall–Kier alpha value is -1.32. The van der Waals surface area contributed by atoms with Crippen molar-refractivity contribution in [2.45, 2.75) is 96.3 Å². The van der Waals surface area contributed by atoms with E-state index in [1.807, 2.05) is 6.08 Å². The van der Waals surface area contributed by atoms with Gasteiger partial charge in [-0.2, -0.15) is 0 Å². The van der Waals surface area contributed by atoms with Gasteiger partial charge >= 0.3 is 11.9 Å². The van der Waals surface area contributed by atoms with Crippen molar-refractivity contribution >= 4 is 11.9 Å². The fourth-order valence-electron chi connectivity index (χ4n) is 2.61. The molecule has 2 N–H and O–H groups in total. The topological polar surface area (TPSA) is 74.6 Å². The van der Waals surface area contributed by atoms with Crippen LogP contribution in [0.15, 0.2) is 12.2 Å². The van der Waals surface area contributed by atoms with Gasteiger partial charge in [0.2, 0.25) is 0 Å². The van der Waals surface area contributed by atoms with E-state index in [1.54, 1.807) is 6.08 Å². The van der Waals surface area contributed by atoms with Gasteiger partial charge in [0.15, 0.2) is 0 Å². The van der Waals surface area contributed by atoms with Gasteiger partial charge in [0, 0.05) is 6.42 Å². The molecule has 0 amide bonds. The molecule has 0 aliphatic carbocycles. The average Bonchev–Trinajstić information content (AvgIpc) is 2.49. The molecule has 0 bridgehead atoms. The van der Waals surface area contributed by atoms with E-state index in [9.17, 15) is 9.59 Å². The van der Waals surface area contributed by atoms with Crippen molar-refractivity contribution in [1.29, 1.82) is 0 Å². The van der Waals surface area contributed by atoms with Crippen molar-refractivity contribution < 1.29 is 19.8 Å². The molecule has 0 radical (unpaired) electrons. The summed E-state index contributed by atoms with van der Waals surface area (Å²) >= 11 is 0. The number of allylic oxidation sites excluding steroid dienone is 1. The van der Waals surface area contributed by atoms with Crippen molar-refractivity contribution in [3.05, 3.63) is 12.2 Å². The number of rotatable bonds is 17. The highest BCUT2D eigenvalue weighted by atomic mass is 16.4. The van der Waals surface area contributed by atoms with Gasteiger partial charge < -0.3 is 10.2 Å². The van der Waals surface area contributed by atoms with Crippen LogP contribution in [-0.2, 0) is 9.59 Å². The third kappa shape index (κ3) is 20.7. The minimum atomic E-state index is -0.762. The number of carbonyl (C=O) groups is 2. The fraction of sp³-hybridized carbons (Fsp3) is 0.789. The number of aliphatic carboxylic acids is 2. The minimum Gasteiger partial charge on any atom is -0.481 e. The van der Waals surface area contributed by atoms with Crippen LogP contribution < -0.4 is 0 Å². The van der Waals surface area contributed by atoms with E-state index in [2.05, 4.69) is 0 Å². The zero-order valence-corrected chi connectivity index (χ0v) is 14.5. The first-order valence-corrected chi connectivity index (χ1v) is 9.21. The molecule has 0 spiro atoms. The van der Waals surface area contributed by atoms with Gasteiger partial charge in [0.1, 0.15) is 0 Å². The summed E-state index contributed by atoms with van der Waals surface area (Å²) in [5.74, 6) is -1.44. The predicted molar refractivity (Wildman–Crippen MR) is 93.7 cm³/mol. The SMILES string of the molecule is O=C(O)C/C=C\CCCCCCCCCCCCCCC(=O)O. The van der Waals surface area contributed by atoms with Crippen molar-refractivity contribution in [1.82, 2.24) is 0 Å². The Labute approximate surface area is 141 Å². The molecule has 0 aliphatic heterocycles. The molecule has 0 rings (SSSR count). The number of hydrogen-bond acceptors (Lipinski definition) is 2. The summed E-state index contributed by atoms with van der Waals surface area (Å²) in [6, 6.07) is 0. The van der Waals surface area contributed by atoms with Crippen LogP contribution in [-0.4, -0.2) is 22.2 Å².